The molecule has 0 aromatic carbocycles. The fourth-order valence-electron chi connectivity index (χ4n) is 1.70. The zero-order valence-corrected chi connectivity index (χ0v) is 10.4. The van der Waals surface area contributed by atoms with Crippen LogP contribution >= 0.6 is 0 Å². The van der Waals surface area contributed by atoms with Crippen LogP contribution in [0.5, 0.6) is 0 Å². The molecule has 0 bridgehead atoms. The molecule has 1 aliphatic rings. The predicted molar refractivity (Wildman–Crippen MR) is 70.4 cm³/mol. The standard InChI is InChI=1S/C12H19N5/c1-17(2)12-14-8-5-11(16-12)15-9-10-3-6-13-7-4-10/h3,5,8,13H,4,6-7,9H2,1-2H3,(H,14,15,16). The minimum absolute atomic E-state index is 0.731. The summed E-state index contributed by atoms with van der Waals surface area (Å²) in [5.41, 5.74) is 1.44. The van der Waals surface area contributed by atoms with E-state index < -0.39 is 0 Å². The fourth-order valence-corrected chi connectivity index (χ4v) is 1.70. The average Bonchev–Trinajstić information content (AvgIpc) is 2.38. The molecule has 17 heavy (non-hydrogen) atoms. The highest BCUT2D eigenvalue weighted by atomic mass is 15.2. The third kappa shape index (κ3) is 3.42. The second-order valence-electron chi connectivity index (χ2n) is 4.31. The maximum Gasteiger partial charge on any atom is 0.226 e. The molecule has 0 saturated carbocycles. The van der Waals surface area contributed by atoms with E-state index in [1.165, 1.54) is 5.57 Å². The maximum atomic E-state index is 4.42. The van der Waals surface area contributed by atoms with Crippen LogP contribution in [0.1, 0.15) is 6.42 Å². The lowest BCUT2D eigenvalue weighted by atomic mass is 10.1. The van der Waals surface area contributed by atoms with Crippen LogP contribution < -0.4 is 15.5 Å². The smallest absolute Gasteiger partial charge is 0.226 e. The molecule has 1 aromatic heterocycles. The van der Waals surface area contributed by atoms with Crippen LogP contribution in [0.2, 0.25) is 0 Å². The van der Waals surface area contributed by atoms with Gasteiger partial charge in [-0.1, -0.05) is 11.6 Å². The van der Waals surface area contributed by atoms with Gasteiger partial charge in [-0.2, -0.15) is 4.98 Å². The first kappa shape index (κ1) is 11.9. The number of nitrogens with one attached hydrogen (secondary N) is 2. The van der Waals surface area contributed by atoms with Crippen molar-refractivity contribution in [3.05, 3.63) is 23.9 Å². The van der Waals surface area contributed by atoms with Gasteiger partial charge in [-0.3, -0.25) is 0 Å². The van der Waals surface area contributed by atoms with Gasteiger partial charge in [0, 0.05) is 33.4 Å². The molecule has 2 rings (SSSR count). The number of anilines is 2. The van der Waals surface area contributed by atoms with Crippen LogP contribution in [-0.2, 0) is 0 Å². The van der Waals surface area contributed by atoms with E-state index in [0.717, 1.165) is 37.8 Å². The normalized spacial score (nSPS) is 15.3. The Labute approximate surface area is 102 Å². The van der Waals surface area contributed by atoms with E-state index in [9.17, 15) is 0 Å². The summed E-state index contributed by atoms with van der Waals surface area (Å²) in [7, 11) is 3.88. The lowest BCUT2D eigenvalue weighted by Crippen LogP contribution is -2.23. The highest BCUT2D eigenvalue weighted by Crippen LogP contribution is 2.10. The molecule has 0 fully saturated rings. The van der Waals surface area contributed by atoms with Crippen molar-refractivity contribution in [2.24, 2.45) is 0 Å². The Kier molecular flexibility index (Phi) is 3.93. The zero-order valence-electron chi connectivity index (χ0n) is 10.4. The largest absolute Gasteiger partial charge is 0.366 e. The molecule has 2 heterocycles. The van der Waals surface area contributed by atoms with Crippen LogP contribution in [0.25, 0.3) is 0 Å². The van der Waals surface area contributed by atoms with E-state index >= 15 is 0 Å². The third-order valence-electron chi connectivity index (χ3n) is 2.70. The predicted octanol–water partition coefficient (Wildman–Crippen LogP) is 0.874. The zero-order chi connectivity index (χ0) is 12.1. The van der Waals surface area contributed by atoms with E-state index in [2.05, 4.69) is 26.7 Å². The highest BCUT2D eigenvalue weighted by molar-refractivity contribution is 5.41. The number of hydrogen-bond donors (Lipinski definition) is 2. The van der Waals surface area contributed by atoms with E-state index in [-0.39, 0.29) is 0 Å². The summed E-state index contributed by atoms with van der Waals surface area (Å²) < 4.78 is 0. The van der Waals surface area contributed by atoms with Gasteiger partial charge >= 0.3 is 0 Å². The van der Waals surface area contributed by atoms with Crippen molar-refractivity contribution in [2.75, 3.05) is 43.9 Å². The van der Waals surface area contributed by atoms with Crippen LogP contribution in [0, 0.1) is 0 Å². The first-order valence-electron chi connectivity index (χ1n) is 5.88. The molecule has 1 aromatic rings. The Morgan fingerprint density at radius 1 is 1.47 bits per heavy atom. The molecule has 5 nitrogen and oxygen atoms in total. The topological polar surface area (TPSA) is 53.1 Å². The minimum atomic E-state index is 0.731. The Morgan fingerprint density at radius 3 is 3.06 bits per heavy atom. The summed E-state index contributed by atoms with van der Waals surface area (Å²) in [6.07, 6.45) is 5.13. The number of hydrogen-bond acceptors (Lipinski definition) is 5. The summed E-state index contributed by atoms with van der Waals surface area (Å²) in [4.78, 5) is 10.5. The van der Waals surface area contributed by atoms with Gasteiger partial charge in [0.25, 0.3) is 0 Å². The Hall–Kier alpha value is -1.62. The van der Waals surface area contributed by atoms with Crippen molar-refractivity contribution < 1.29 is 0 Å². The molecular weight excluding hydrogens is 214 g/mol. The van der Waals surface area contributed by atoms with Crippen LogP contribution in [-0.4, -0.2) is 43.7 Å². The summed E-state index contributed by atoms with van der Waals surface area (Å²) in [5, 5.41) is 6.64. The van der Waals surface area contributed by atoms with E-state index in [1.54, 1.807) is 6.20 Å². The lowest BCUT2D eigenvalue weighted by molar-refractivity contribution is 0.697. The number of rotatable bonds is 4. The molecule has 2 N–H and O–H groups in total. The van der Waals surface area contributed by atoms with Gasteiger partial charge in [0.2, 0.25) is 5.95 Å². The lowest BCUT2D eigenvalue weighted by Gasteiger charge is -2.15. The Morgan fingerprint density at radius 2 is 2.35 bits per heavy atom. The second kappa shape index (κ2) is 5.63. The minimum Gasteiger partial charge on any atom is -0.366 e. The molecule has 0 spiro atoms. The highest BCUT2D eigenvalue weighted by Gasteiger charge is 2.04. The Balaban J connectivity index is 1.94. The quantitative estimate of drug-likeness (QED) is 0.756. The van der Waals surface area contributed by atoms with Crippen molar-refractivity contribution in [1.82, 2.24) is 15.3 Å². The van der Waals surface area contributed by atoms with Crippen molar-refractivity contribution in [2.45, 2.75) is 6.42 Å². The molecule has 0 unspecified atom stereocenters. The molecule has 0 radical (unpaired) electrons. The monoisotopic (exact) mass is 233 g/mol. The van der Waals surface area contributed by atoms with Gasteiger partial charge in [0.05, 0.1) is 0 Å². The molecule has 1 aliphatic heterocycles. The van der Waals surface area contributed by atoms with Gasteiger partial charge in [-0.05, 0) is 19.0 Å². The molecule has 0 atom stereocenters. The second-order valence-corrected chi connectivity index (χ2v) is 4.31. The fraction of sp³-hybridized carbons (Fsp3) is 0.500. The molecule has 0 aliphatic carbocycles. The third-order valence-corrected chi connectivity index (χ3v) is 2.70. The van der Waals surface area contributed by atoms with E-state index in [0.29, 0.717) is 0 Å². The summed E-state index contributed by atoms with van der Waals surface area (Å²) in [6.45, 7) is 2.91. The van der Waals surface area contributed by atoms with E-state index in [1.807, 2.05) is 25.1 Å². The Bertz CT molecular complexity index is 400. The molecule has 5 heteroatoms. The van der Waals surface area contributed by atoms with Gasteiger partial charge in [0.15, 0.2) is 0 Å². The molecule has 0 saturated heterocycles. The van der Waals surface area contributed by atoms with E-state index in [4.69, 9.17) is 0 Å². The summed E-state index contributed by atoms with van der Waals surface area (Å²) >= 11 is 0. The van der Waals surface area contributed by atoms with Gasteiger partial charge in [-0.15, -0.1) is 0 Å². The first-order chi connectivity index (χ1) is 8.25. The van der Waals surface area contributed by atoms with Gasteiger partial charge in [-0.25, -0.2) is 4.98 Å². The first-order valence-corrected chi connectivity index (χ1v) is 5.88. The van der Waals surface area contributed by atoms with Crippen molar-refractivity contribution in [1.29, 1.82) is 0 Å². The van der Waals surface area contributed by atoms with Crippen molar-refractivity contribution >= 4 is 11.8 Å². The van der Waals surface area contributed by atoms with Gasteiger partial charge < -0.3 is 15.5 Å². The van der Waals surface area contributed by atoms with Crippen LogP contribution in [0.15, 0.2) is 23.9 Å². The molecule has 0 amide bonds. The van der Waals surface area contributed by atoms with Crippen molar-refractivity contribution in [3.8, 4) is 0 Å². The summed E-state index contributed by atoms with van der Waals surface area (Å²) in [5.74, 6) is 1.61. The molecule has 92 valence electrons. The van der Waals surface area contributed by atoms with Crippen LogP contribution in [0.4, 0.5) is 11.8 Å². The number of nitrogens with zero attached hydrogens (tertiary/aromatic N) is 3. The van der Waals surface area contributed by atoms with Crippen molar-refractivity contribution in [3.63, 3.8) is 0 Å². The summed E-state index contributed by atoms with van der Waals surface area (Å²) in [6, 6.07) is 1.90. The SMILES string of the molecule is CN(C)c1nccc(NCC2=CCNCC2)n1. The molecular formula is C12H19N5. The number of aromatic nitrogens is 2. The van der Waals surface area contributed by atoms with Gasteiger partial charge in [0.1, 0.15) is 5.82 Å². The van der Waals surface area contributed by atoms with Crippen LogP contribution in [0.3, 0.4) is 0 Å². The maximum absolute atomic E-state index is 4.42. The average molecular weight is 233 g/mol.